The molecule has 1 rings (SSSR count). The van der Waals surface area contributed by atoms with Crippen LogP contribution in [0.15, 0.2) is 22.7 Å². The van der Waals surface area contributed by atoms with Crippen molar-refractivity contribution in [2.75, 3.05) is 19.4 Å². The maximum absolute atomic E-state index is 12.4. The number of rotatable bonds is 4. The van der Waals surface area contributed by atoms with E-state index in [2.05, 4.69) is 20.7 Å². The number of anilines is 1. The molecule has 2 N–H and O–H groups in total. The fourth-order valence-corrected chi connectivity index (χ4v) is 1.97. The van der Waals surface area contributed by atoms with Crippen LogP contribution >= 0.6 is 15.9 Å². The Labute approximate surface area is 120 Å². The first kappa shape index (κ1) is 15.5. The van der Waals surface area contributed by atoms with Gasteiger partial charge in [-0.3, -0.25) is 9.59 Å². The van der Waals surface area contributed by atoms with E-state index in [9.17, 15) is 9.59 Å². The Balaban J connectivity index is 3.05. The molecule has 0 unspecified atom stereocenters. The van der Waals surface area contributed by atoms with Crippen LogP contribution in [-0.4, -0.2) is 36.5 Å². The highest BCUT2D eigenvalue weighted by molar-refractivity contribution is 9.10. The fourth-order valence-electron chi connectivity index (χ4n) is 1.55. The lowest BCUT2D eigenvalue weighted by molar-refractivity contribution is -0.141. The van der Waals surface area contributed by atoms with Crippen LogP contribution in [0.1, 0.15) is 24.2 Å². The predicted octanol–water partition coefficient (Wildman–Crippen LogP) is 2.05. The molecule has 0 saturated heterocycles. The van der Waals surface area contributed by atoms with Gasteiger partial charge in [0, 0.05) is 16.2 Å². The first-order valence-corrected chi connectivity index (χ1v) is 6.59. The van der Waals surface area contributed by atoms with E-state index in [-0.39, 0.29) is 18.5 Å². The standard InChI is InChI=1S/C13H17BrN2O3/c1-8(2)16(7-12(17)19-3)13(18)10-6-9(15)4-5-11(10)14/h4-6,8H,7,15H2,1-3H3. The molecule has 0 aliphatic rings. The van der Waals surface area contributed by atoms with E-state index >= 15 is 0 Å². The predicted molar refractivity (Wildman–Crippen MR) is 76.7 cm³/mol. The van der Waals surface area contributed by atoms with E-state index in [0.29, 0.717) is 15.7 Å². The van der Waals surface area contributed by atoms with Gasteiger partial charge in [-0.1, -0.05) is 0 Å². The monoisotopic (exact) mass is 328 g/mol. The smallest absolute Gasteiger partial charge is 0.325 e. The Kier molecular flexibility index (Phi) is 5.35. The van der Waals surface area contributed by atoms with Gasteiger partial charge in [0.2, 0.25) is 0 Å². The molecule has 1 aromatic rings. The Hall–Kier alpha value is -1.56. The minimum atomic E-state index is -0.456. The van der Waals surface area contributed by atoms with Crippen LogP contribution in [0.5, 0.6) is 0 Å². The molecule has 104 valence electrons. The lowest BCUT2D eigenvalue weighted by Gasteiger charge is -2.26. The molecule has 0 aliphatic carbocycles. The second-order valence-corrected chi connectivity index (χ2v) is 5.20. The van der Waals surface area contributed by atoms with Gasteiger partial charge in [0.25, 0.3) is 5.91 Å². The largest absolute Gasteiger partial charge is 0.468 e. The van der Waals surface area contributed by atoms with Gasteiger partial charge in [-0.2, -0.15) is 0 Å². The zero-order valence-corrected chi connectivity index (χ0v) is 12.7. The van der Waals surface area contributed by atoms with Gasteiger partial charge in [-0.25, -0.2) is 0 Å². The number of nitrogen functional groups attached to an aromatic ring is 1. The molecule has 0 radical (unpaired) electrons. The van der Waals surface area contributed by atoms with Gasteiger partial charge in [0.1, 0.15) is 6.54 Å². The van der Waals surface area contributed by atoms with E-state index in [0.717, 1.165) is 0 Å². The number of amides is 1. The second kappa shape index (κ2) is 6.56. The third-order valence-electron chi connectivity index (χ3n) is 2.63. The highest BCUT2D eigenvalue weighted by atomic mass is 79.9. The molecule has 0 fully saturated rings. The molecule has 0 heterocycles. The summed E-state index contributed by atoms with van der Waals surface area (Å²) < 4.78 is 5.24. The van der Waals surface area contributed by atoms with Crippen molar-refractivity contribution in [3.63, 3.8) is 0 Å². The average molecular weight is 329 g/mol. The number of hydrogen-bond donors (Lipinski definition) is 1. The topological polar surface area (TPSA) is 72.6 Å². The van der Waals surface area contributed by atoms with Gasteiger partial charge >= 0.3 is 5.97 Å². The van der Waals surface area contributed by atoms with Crippen LogP contribution in [-0.2, 0) is 9.53 Å². The molecular formula is C13H17BrN2O3. The number of methoxy groups -OCH3 is 1. The summed E-state index contributed by atoms with van der Waals surface area (Å²) in [5, 5.41) is 0. The average Bonchev–Trinajstić information content (AvgIpc) is 2.37. The van der Waals surface area contributed by atoms with Crippen molar-refractivity contribution in [2.24, 2.45) is 0 Å². The maximum Gasteiger partial charge on any atom is 0.325 e. The van der Waals surface area contributed by atoms with Crippen molar-refractivity contribution >= 4 is 33.5 Å². The molecular weight excluding hydrogens is 312 g/mol. The number of nitrogens with zero attached hydrogens (tertiary/aromatic N) is 1. The van der Waals surface area contributed by atoms with E-state index in [1.165, 1.54) is 12.0 Å². The van der Waals surface area contributed by atoms with Gasteiger partial charge in [0.15, 0.2) is 0 Å². The van der Waals surface area contributed by atoms with Crippen molar-refractivity contribution < 1.29 is 14.3 Å². The molecule has 1 aromatic carbocycles. The summed E-state index contributed by atoms with van der Waals surface area (Å²) in [6, 6.07) is 4.86. The molecule has 5 nitrogen and oxygen atoms in total. The van der Waals surface area contributed by atoms with Crippen LogP contribution in [0.25, 0.3) is 0 Å². The molecule has 0 atom stereocenters. The maximum atomic E-state index is 12.4. The minimum absolute atomic E-state index is 0.0890. The van der Waals surface area contributed by atoms with Crippen LogP contribution in [0.4, 0.5) is 5.69 Å². The molecule has 0 aliphatic heterocycles. The molecule has 0 bridgehead atoms. The highest BCUT2D eigenvalue weighted by Crippen LogP contribution is 2.22. The SMILES string of the molecule is COC(=O)CN(C(=O)c1cc(N)ccc1Br)C(C)C. The van der Waals surface area contributed by atoms with E-state index < -0.39 is 5.97 Å². The summed E-state index contributed by atoms with van der Waals surface area (Å²) in [7, 11) is 1.29. The number of hydrogen-bond acceptors (Lipinski definition) is 4. The third-order valence-corrected chi connectivity index (χ3v) is 3.32. The van der Waals surface area contributed by atoms with Gasteiger partial charge in [0.05, 0.1) is 12.7 Å². The van der Waals surface area contributed by atoms with Crippen LogP contribution in [0.3, 0.4) is 0 Å². The normalized spacial score (nSPS) is 10.4. The summed E-state index contributed by atoms with van der Waals surface area (Å²) in [6.45, 7) is 3.58. The van der Waals surface area contributed by atoms with Crippen molar-refractivity contribution in [3.8, 4) is 0 Å². The summed E-state index contributed by atoms with van der Waals surface area (Å²) in [5.74, 6) is -0.721. The number of esters is 1. The number of nitrogens with two attached hydrogens (primary N) is 1. The van der Waals surface area contributed by atoms with Gasteiger partial charge < -0.3 is 15.4 Å². The molecule has 0 aromatic heterocycles. The summed E-state index contributed by atoms with van der Waals surface area (Å²) in [6.07, 6.45) is 0. The zero-order valence-electron chi connectivity index (χ0n) is 11.1. The molecule has 6 heteroatoms. The Morgan fingerprint density at radius 3 is 2.58 bits per heavy atom. The fraction of sp³-hybridized carbons (Fsp3) is 0.385. The second-order valence-electron chi connectivity index (χ2n) is 4.34. The van der Waals surface area contributed by atoms with E-state index in [4.69, 9.17) is 5.73 Å². The Bertz CT molecular complexity index is 489. The van der Waals surface area contributed by atoms with Crippen molar-refractivity contribution in [1.82, 2.24) is 4.90 Å². The zero-order chi connectivity index (χ0) is 14.6. The van der Waals surface area contributed by atoms with Crippen LogP contribution < -0.4 is 5.73 Å². The molecule has 0 spiro atoms. The Morgan fingerprint density at radius 2 is 2.05 bits per heavy atom. The number of halogens is 1. The van der Waals surface area contributed by atoms with E-state index in [1.54, 1.807) is 18.2 Å². The third kappa shape index (κ3) is 3.96. The molecule has 1 amide bonds. The van der Waals surface area contributed by atoms with E-state index in [1.807, 2.05) is 13.8 Å². The number of carbonyl (C=O) groups is 2. The highest BCUT2D eigenvalue weighted by Gasteiger charge is 2.23. The lowest BCUT2D eigenvalue weighted by Crippen LogP contribution is -2.41. The van der Waals surface area contributed by atoms with Gasteiger partial charge in [-0.15, -0.1) is 0 Å². The summed E-state index contributed by atoms with van der Waals surface area (Å²) in [5.41, 5.74) is 6.61. The minimum Gasteiger partial charge on any atom is -0.468 e. The van der Waals surface area contributed by atoms with Crippen molar-refractivity contribution in [3.05, 3.63) is 28.2 Å². The number of ether oxygens (including phenoxy) is 1. The molecule has 0 saturated carbocycles. The summed E-state index contributed by atoms with van der Waals surface area (Å²) >= 11 is 3.31. The van der Waals surface area contributed by atoms with Crippen molar-refractivity contribution in [2.45, 2.75) is 19.9 Å². The first-order chi connectivity index (χ1) is 8.86. The number of carbonyl (C=O) groups excluding carboxylic acids is 2. The van der Waals surface area contributed by atoms with Crippen molar-refractivity contribution in [1.29, 1.82) is 0 Å². The van der Waals surface area contributed by atoms with Crippen LogP contribution in [0.2, 0.25) is 0 Å². The Morgan fingerprint density at radius 1 is 1.42 bits per heavy atom. The lowest BCUT2D eigenvalue weighted by atomic mass is 10.1. The summed E-state index contributed by atoms with van der Waals surface area (Å²) in [4.78, 5) is 25.2. The molecule has 19 heavy (non-hydrogen) atoms. The first-order valence-electron chi connectivity index (χ1n) is 5.79. The quantitative estimate of drug-likeness (QED) is 0.678. The number of benzene rings is 1. The van der Waals surface area contributed by atoms with Gasteiger partial charge in [-0.05, 0) is 48.0 Å². The van der Waals surface area contributed by atoms with Crippen LogP contribution in [0, 0.1) is 0 Å².